The Bertz CT molecular complexity index is 1360. The molecule has 3 aromatic rings. The van der Waals surface area contributed by atoms with Gasteiger partial charge in [0, 0.05) is 37.9 Å². The van der Waals surface area contributed by atoms with Gasteiger partial charge in [-0.3, -0.25) is 19.9 Å². The lowest BCUT2D eigenvalue weighted by atomic mass is 9.82. The van der Waals surface area contributed by atoms with Crippen LogP contribution in [0.2, 0.25) is 0 Å². The van der Waals surface area contributed by atoms with E-state index in [0.29, 0.717) is 38.2 Å². The van der Waals surface area contributed by atoms with E-state index in [2.05, 4.69) is 5.32 Å². The Morgan fingerprint density at radius 1 is 1.16 bits per heavy atom. The van der Waals surface area contributed by atoms with Crippen LogP contribution in [0.25, 0.3) is 11.0 Å². The van der Waals surface area contributed by atoms with Crippen molar-refractivity contribution < 1.29 is 14.7 Å². The quantitative estimate of drug-likeness (QED) is 0.273. The molecule has 194 valence electrons. The molecule has 2 saturated heterocycles. The highest BCUT2D eigenvalue weighted by Crippen LogP contribution is 2.39. The fourth-order valence-electron chi connectivity index (χ4n) is 5.48. The van der Waals surface area contributed by atoms with Crippen molar-refractivity contribution in [1.29, 1.82) is 5.41 Å². The summed E-state index contributed by atoms with van der Waals surface area (Å²) < 4.78 is 2.01. The van der Waals surface area contributed by atoms with E-state index in [1.807, 2.05) is 58.7 Å². The molecular weight excluding hydrogens is 470 g/mol. The number of fused-ring (bicyclic) bond motifs is 1. The van der Waals surface area contributed by atoms with Crippen molar-refractivity contribution in [2.24, 2.45) is 12.8 Å². The molecular formula is C27H33N7O3. The summed E-state index contributed by atoms with van der Waals surface area (Å²) in [6, 6.07) is 12.5. The minimum atomic E-state index is -1.08. The Morgan fingerprint density at radius 3 is 2.46 bits per heavy atom. The average Bonchev–Trinajstić information content (AvgIpc) is 3.49. The number of rotatable bonds is 8. The molecule has 0 aliphatic carbocycles. The second kappa shape index (κ2) is 9.51. The fourth-order valence-corrected chi connectivity index (χ4v) is 5.48. The number of likely N-dealkylation sites (tertiary alicyclic amines) is 2. The summed E-state index contributed by atoms with van der Waals surface area (Å²) in [7, 11) is 1.95. The molecule has 0 radical (unpaired) electrons. The second-order valence-electron chi connectivity index (χ2n) is 10.0. The molecule has 2 aliphatic rings. The van der Waals surface area contributed by atoms with Gasteiger partial charge in [0.05, 0.1) is 17.6 Å². The number of nitrogens with zero attached hydrogens (tertiary/aromatic N) is 4. The summed E-state index contributed by atoms with van der Waals surface area (Å²) in [5.41, 5.74) is 8.47. The predicted octanol–water partition coefficient (Wildman–Crippen LogP) is 2.47. The standard InChI is InChI=1S/C27H33N7O3/c1-27(26(37)33-12-3-4-13-33,34-14-11-22(34)25(35)36)18-7-10-21-20(15-18)31-23(32(21)2)16-30-19-8-5-17(6-9-19)24(28)29/h5-10,15,22,30H,3-4,11-14,16H2,1-2H3,(H3,28,29)(H,35,36). The van der Waals surface area contributed by atoms with Crippen molar-refractivity contribution >= 4 is 34.4 Å². The third-order valence-electron chi connectivity index (χ3n) is 7.87. The summed E-state index contributed by atoms with van der Waals surface area (Å²) >= 11 is 0. The van der Waals surface area contributed by atoms with Crippen LogP contribution in [0.1, 0.15) is 43.1 Å². The third-order valence-corrected chi connectivity index (χ3v) is 7.87. The number of carbonyl (C=O) groups is 2. The van der Waals surface area contributed by atoms with Gasteiger partial charge in [0.2, 0.25) is 5.91 Å². The zero-order valence-corrected chi connectivity index (χ0v) is 21.2. The second-order valence-corrected chi connectivity index (χ2v) is 10.0. The Labute approximate surface area is 215 Å². The van der Waals surface area contributed by atoms with E-state index in [1.165, 1.54) is 0 Å². The fraction of sp³-hybridized carbons (Fsp3) is 0.407. The Kier molecular flexibility index (Phi) is 6.36. The van der Waals surface area contributed by atoms with Crippen molar-refractivity contribution in [2.75, 3.05) is 25.0 Å². The lowest BCUT2D eigenvalue weighted by Gasteiger charge is -2.50. The molecule has 0 spiro atoms. The van der Waals surface area contributed by atoms with Gasteiger partial charge in [-0.2, -0.15) is 0 Å². The van der Waals surface area contributed by atoms with E-state index in [-0.39, 0.29) is 11.7 Å². The molecule has 2 aromatic carbocycles. The van der Waals surface area contributed by atoms with Gasteiger partial charge in [0.25, 0.3) is 0 Å². The molecule has 2 unspecified atom stereocenters. The van der Waals surface area contributed by atoms with Gasteiger partial charge >= 0.3 is 5.97 Å². The normalized spacial score (nSPS) is 19.4. The molecule has 0 bridgehead atoms. The molecule has 10 nitrogen and oxygen atoms in total. The number of carboxylic acids is 1. The van der Waals surface area contributed by atoms with Crippen molar-refractivity contribution in [1.82, 2.24) is 19.4 Å². The zero-order chi connectivity index (χ0) is 26.3. The van der Waals surface area contributed by atoms with Gasteiger partial charge in [-0.15, -0.1) is 0 Å². The topological polar surface area (TPSA) is 141 Å². The van der Waals surface area contributed by atoms with E-state index in [9.17, 15) is 14.7 Å². The van der Waals surface area contributed by atoms with Crippen LogP contribution >= 0.6 is 0 Å². The molecule has 2 atom stereocenters. The molecule has 1 amide bonds. The van der Waals surface area contributed by atoms with Crippen LogP contribution in [0.4, 0.5) is 5.69 Å². The van der Waals surface area contributed by atoms with Crippen LogP contribution in [-0.2, 0) is 28.7 Å². The maximum absolute atomic E-state index is 13.8. The lowest BCUT2D eigenvalue weighted by molar-refractivity contribution is -0.163. The van der Waals surface area contributed by atoms with Crippen molar-refractivity contribution in [3.8, 4) is 0 Å². The van der Waals surface area contributed by atoms with Crippen LogP contribution in [0.15, 0.2) is 42.5 Å². The van der Waals surface area contributed by atoms with Crippen molar-refractivity contribution in [3.05, 3.63) is 59.4 Å². The molecule has 37 heavy (non-hydrogen) atoms. The number of carbonyl (C=O) groups excluding carboxylic acids is 1. The first-order valence-corrected chi connectivity index (χ1v) is 12.6. The summed E-state index contributed by atoms with van der Waals surface area (Å²) in [4.78, 5) is 34.3. The molecule has 3 heterocycles. The molecule has 5 N–H and O–H groups in total. The molecule has 10 heteroatoms. The minimum absolute atomic E-state index is 0.0285. The number of amides is 1. The number of imidazole rings is 1. The molecule has 5 rings (SSSR count). The van der Waals surface area contributed by atoms with Gasteiger partial charge in [-0.25, -0.2) is 4.98 Å². The highest BCUT2D eigenvalue weighted by molar-refractivity contribution is 5.95. The Morgan fingerprint density at radius 2 is 1.86 bits per heavy atom. The third kappa shape index (κ3) is 4.31. The number of hydrogen-bond acceptors (Lipinski definition) is 6. The Hall–Kier alpha value is -3.92. The van der Waals surface area contributed by atoms with Crippen LogP contribution < -0.4 is 11.1 Å². The zero-order valence-electron chi connectivity index (χ0n) is 21.2. The van der Waals surface area contributed by atoms with Crippen molar-refractivity contribution in [2.45, 2.75) is 44.3 Å². The van der Waals surface area contributed by atoms with Crippen LogP contribution in [0.3, 0.4) is 0 Å². The van der Waals surface area contributed by atoms with Crippen LogP contribution in [0, 0.1) is 5.41 Å². The van der Waals surface area contributed by atoms with Crippen LogP contribution in [-0.4, -0.2) is 67.8 Å². The number of aryl methyl sites for hydroxylation is 1. The van der Waals surface area contributed by atoms with Crippen molar-refractivity contribution in [3.63, 3.8) is 0 Å². The lowest BCUT2D eigenvalue weighted by Crippen LogP contribution is -2.65. The van der Waals surface area contributed by atoms with E-state index in [4.69, 9.17) is 16.1 Å². The van der Waals surface area contributed by atoms with E-state index in [1.54, 1.807) is 12.1 Å². The number of carboxylic acid groups (broad SMARTS) is 1. The van der Waals surface area contributed by atoms with Gasteiger partial charge in [-0.1, -0.05) is 6.07 Å². The summed E-state index contributed by atoms with van der Waals surface area (Å²) in [6.07, 6.45) is 2.47. The van der Waals surface area contributed by atoms with Gasteiger partial charge in [-0.05, 0) is 68.1 Å². The minimum Gasteiger partial charge on any atom is -0.480 e. The first-order chi connectivity index (χ1) is 17.7. The number of nitrogens with one attached hydrogen (secondary N) is 2. The molecule has 0 saturated carbocycles. The number of nitrogen functional groups attached to an aromatic ring is 1. The first kappa shape index (κ1) is 24.8. The number of nitrogens with two attached hydrogens (primary N) is 1. The summed E-state index contributed by atoms with van der Waals surface area (Å²) in [6.45, 7) is 4.31. The van der Waals surface area contributed by atoms with Gasteiger partial charge in [0.15, 0.2) is 0 Å². The monoisotopic (exact) mass is 503 g/mol. The van der Waals surface area contributed by atoms with E-state index >= 15 is 0 Å². The maximum Gasteiger partial charge on any atom is 0.321 e. The average molecular weight is 504 g/mol. The van der Waals surface area contributed by atoms with Gasteiger partial charge in [0.1, 0.15) is 23.2 Å². The number of hydrogen-bond donors (Lipinski definition) is 4. The number of aromatic nitrogens is 2. The Balaban J connectivity index is 1.45. The van der Waals surface area contributed by atoms with Crippen LogP contribution in [0.5, 0.6) is 0 Å². The summed E-state index contributed by atoms with van der Waals surface area (Å²) in [5.74, 6) is -0.0824. The highest BCUT2D eigenvalue weighted by atomic mass is 16.4. The highest BCUT2D eigenvalue weighted by Gasteiger charge is 2.52. The number of aliphatic carboxylic acids is 1. The molecule has 2 aliphatic heterocycles. The van der Waals surface area contributed by atoms with E-state index in [0.717, 1.165) is 41.0 Å². The molecule has 1 aromatic heterocycles. The molecule has 2 fully saturated rings. The van der Waals surface area contributed by atoms with E-state index < -0.39 is 17.6 Å². The largest absolute Gasteiger partial charge is 0.480 e. The maximum atomic E-state index is 13.8. The number of amidine groups is 1. The van der Waals surface area contributed by atoms with Gasteiger partial charge < -0.3 is 25.6 Å². The SMILES string of the molecule is Cn1c(CNc2ccc(C(=N)N)cc2)nc2cc(C(C)(C(=O)N3CCCC3)N3CCC3C(=O)O)ccc21. The summed E-state index contributed by atoms with van der Waals surface area (Å²) in [5, 5.41) is 20.6. The first-order valence-electron chi connectivity index (χ1n) is 12.6. The number of benzene rings is 2. The predicted molar refractivity (Wildman–Crippen MR) is 141 cm³/mol. The number of anilines is 1. The smallest absolute Gasteiger partial charge is 0.321 e.